The van der Waals surface area contributed by atoms with Gasteiger partial charge >= 0.3 is 30.9 Å². The van der Waals surface area contributed by atoms with Crippen molar-refractivity contribution in [3.8, 4) is 5.75 Å². The van der Waals surface area contributed by atoms with Crippen molar-refractivity contribution in [1.29, 1.82) is 0 Å². The number of aromatic hydroxyl groups is 1. The van der Waals surface area contributed by atoms with Gasteiger partial charge in [0.05, 0.1) is 16.7 Å². The summed E-state index contributed by atoms with van der Waals surface area (Å²) in [5.74, 6) is -3.68. The third-order valence-electron chi connectivity index (χ3n) is 2.89. The van der Waals surface area contributed by atoms with Crippen molar-refractivity contribution in [3.05, 3.63) is 27.8 Å². The van der Waals surface area contributed by atoms with Crippen molar-refractivity contribution in [2.75, 3.05) is 0 Å². The number of halogens is 15. The van der Waals surface area contributed by atoms with Gasteiger partial charge in [0.2, 0.25) is 0 Å². The maximum atomic E-state index is 12.8. The van der Waals surface area contributed by atoms with Crippen LogP contribution in [0.5, 0.6) is 5.75 Å². The average molecular weight is 434 g/mol. The van der Waals surface area contributed by atoms with E-state index in [1.807, 2.05) is 0 Å². The Balaban J connectivity index is 4.58. The number of hydrogen-bond donors (Lipinski definition) is 1. The number of hydrogen-bond acceptors (Lipinski definition) is 1. The fourth-order valence-corrected chi connectivity index (χ4v) is 2.14. The number of rotatable bonds is 0. The molecule has 1 aromatic rings. The second kappa shape index (κ2) is 5.98. The lowest BCUT2D eigenvalue weighted by Gasteiger charge is -2.28. The first-order chi connectivity index (χ1) is 11.5. The Morgan fingerprint density at radius 3 is 0.630 bits per heavy atom. The molecule has 1 N–H and O–H groups in total. The molecule has 1 rings (SSSR count). The van der Waals surface area contributed by atoms with Gasteiger partial charge in [-0.1, -0.05) is 0 Å². The van der Waals surface area contributed by atoms with E-state index in [1.165, 1.54) is 0 Å². The Morgan fingerprint density at radius 2 is 0.481 bits per heavy atom. The fourth-order valence-electron chi connectivity index (χ4n) is 2.14. The summed E-state index contributed by atoms with van der Waals surface area (Å²) in [6, 6.07) is 0. The van der Waals surface area contributed by atoms with E-state index in [9.17, 15) is 65.9 Å². The molecule has 0 unspecified atom stereocenters. The minimum absolute atomic E-state index is 3.68. The molecule has 0 atom stereocenters. The normalized spacial score (nSPS) is 14.6. The molecule has 0 aromatic heterocycles. The van der Waals surface area contributed by atoms with Crippen LogP contribution in [-0.2, 0) is 30.9 Å². The number of alkyl halides is 15. The van der Waals surface area contributed by atoms with E-state index in [0.717, 1.165) is 0 Å². The largest absolute Gasteiger partial charge is 0.507 e. The zero-order valence-corrected chi connectivity index (χ0v) is 11.6. The molecular formula is C11HF15O. The van der Waals surface area contributed by atoms with E-state index < -0.39 is 64.4 Å². The van der Waals surface area contributed by atoms with E-state index in [0.29, 0.717) is 0 Å². The Hall–Kier alpha value is -2.03. The number of benzene rings is 1. The summed E-state index contributed by atoms with van der Waals surface area (Å²) in [5, 5.41) is 8.93. The molecule has 0 aliphatic carbocycles. The molecule has 0 spiro atoms. The minimum Gasteiger partial charge on any atom is -0.507 e. The van der Waals surface area contributed by atoms with Gasteiger partial charge in [-0.3, -0.25) is 0 Å². The van der Waals surface area contributed by atoms with Gasteiger partial charge in [0.1, 0.15) is 16.9 Å². The lowest BCUT2D eigenvalue weighted by molar-refractivity contribution is -0.189. The number of phenols is 1. The van der Waals surface area contributed by atoms with Crippen molar-refractivity contribution in [2.45, 2.75) is 30.9 Å². The van der Waals surface area contributed by atoms with Gasteiger partial charge in [0, 0.05) is 0 Å². The number of phenolic OH excluding ortho intramolecular Hbond substituents is 1. The smallest absolute Gasteiger partial charge is 0.420 e. The molecule has 1 aromatic carbocycles. The van der Waals surface area contributed by atoms with Crippen molar-refractivity contribution in [3.63, 3.8) is 0 Å². The zero-order valence-electron chi connectivity index (χ0n) is 11.6. The van der Waals surface area contributed by atoms with Gasteiger partial charge in [0.25, 0.3) is 0 Å². The molecule has 0 saturated carbocycles. The van der Waals surface area contributed by atoms with Crippen LogP contribution >= 0.6 is 0 Å². The second-order valence-electron chi connectivity index (χ2n) is 4.71. The molecule has 156 valence electrons. The molecule has 0 bridgehead atoms. The highest BCUT2D eigenvalue weighted by atomic mass is 19.4. The Morgan fingerprint density at radius 1 is 0.333 bits per heavy atom. The van der Waals surface area contributed by atoms with Crippen molar-refractivity contribution >= 4 is 0 Å². The summed E-state index contributed by atoms with van der Waals surface area (Å²) in [5.41, 5.74) is -20.4. The zero-order chi connectivity index (χ0) is 22.0. The van der Waals surface area contributed by atoms with Crippen molar-refractivity contribution in [1.82, 2.24) is 0 Å². The van der Waals surface area contributed by atoms with Crippen LogP contribution in [-0.4, -0.2) is 5.11 Å². The maximum absolute atomic E-state index is 12.8. The van der Waals surface area contributed by atoms with Gasteiger partial charge in [-0.15, -0.1) is 0 Å². The van der Waals surface area contributed by atoms with Gasteiger partial charge in [0.15, 0.2) is 0 Å². The van der Waals surface area contributed by atoms with Gasteiger partial charge < -0.3 is 5.11 Å². The van der Waals surface area contributed by atoms with E-state index in [1.54, 1.807) is 0 Å². The Kier molecular flexibility index (Phi) is 5.10. The van der Waals surface area contributed by atoms with Crippen LogP contribution in [0.25, 0.3) is 0 Å². The first-order valence-corrected chi connectivity index (χ1v) is 5.81. The molecule has 1 nitrogen and oxygen atoms in total. The molecule has 27 heavy (non-hydrogen) atoms. The first kappa shape index (κ1) is 23.0. The van der Waals surface area contributed by atoms with E-state index in [2.05, 4.69) is 0 Å². The summed E-state index contributed by atoms with van der Waals surface area (Å²) in [6.07, 6.45) is -34.1. The van der Waals surface area contributed by atoms with Crippen LogP contribution in [0.1, 0.15) is 27.8 Å². The summed E-state index contributed by atoms with van der Waals surface area (Å²) in [6.45, 7) is 0. The summed E-state index contributed by atoms with van der Waals surface area (Å²) in [4.78, 5) is 0. The average Bonchev–Trinajstić information content (AvgIpc) is 2.29. The van der Waals surface area contributed by atoms with Gasteiger partial charge in [-0.2, -0.15) is 65.9 Å². The SMILES string of the molecule is Oc1c(C(F)(F)F)c(C(F)(F)F)c(C(F)(F)F)c(C(F)(F)F)c1C(F)(F)F. The van der Waals surface area contributed by atoms with Crippen LogP contribution < -0.4 is 0 Å². The highest BCUT2D eigenvalue weighted by molar-refractivity contribution is 5.60. The lowest BCUT2D eigenvalue weighted by Crippen LogP contribution is -2.31. The van der Waals surface area contributed by atoms with Crippen molar-refractivity contribution < 1.29 is 71.0 Å². The predicted molar refractivity (Wildman–Crippen MR) is 53.1 cm³/mol. The molecule has 0 saturated heterocycles. The van der Waals surface area contributed by atoms with E-state index in [4.69, 9.17) is 5.11 Å². The molecular weight excluding hydrogens is 433 g/mol. The lowest BCUT2D eigenvalue weighted by atomic mass is 9.88. The Bertz CT molecular complexity index is 672. The molecule has 0 fully saturated rings. The monoisotopic (exact) mass is 434 g/mol. The standard InChI is InChI=1S/C11HF15O/c12-7(13,14)1-2(8(15,16)17)4(10(21,22)23)6(27)5(11(24,25)26)3(1)9(18,19)20/h27H. The second-order valence-corrected chi connectivity index (χ2v) is 4.71. The topological polar surface area (TPSA) is 20.2 Å². The van der Waals surface area contributed by atoms with Crippen LogP contribution in [0.15, 0.2) is 0 Å². The quantitative estimate of drug-likeness (QED) is 0.464. The van der Waals surface area contributed by atoms with Gasteiger partial charge in [-0.05, 0) is 0 Å². The molecule has 0 aliphatic rings. The molecule has 0 aliphatic heterocycles. The van der Waals surface area contributed by atoms with Crippen LogP contribution in [0.2, 0.25) is 0 Å². The van der Waals surface area contributed by atoms with Crippen LogP contribution in [0.3, 0.4) is 0 Å². The minimum atomic E-state index is -6.95. The van der Waals surface area contributed by atoms with Crippen LogP contribution in [0, 0.1) is 0 Å². The van der Waals surface area contributed by atoms with Crippen LogP contribution in [0.4, 0.5) is 65.9 Å². The summed E-state index contributed by atoms with van der Waals surface area (Å²) in [7, 11) is 0. The van der Waals surface area contributed by atoms with Crippen molar-refractivity contribution in [2.24, 2.45) is 0 Å². The van der Waals surface area contributed by atoms with E-state index >= 15 is 0 Å². The predicted octanol–water partition coefficient (Wildman–Crippen LogP) is 6.49. The fraction of sp³-hybridized carbons (Fsp3) is 0.455. The highest BCUT2D eigenvalue weighted by Gasteiger charge is 2.60. The van der Waals surface area contributed by atoms with Gasteiger partial charge in [-0.25, -0.2) is 0 Å². The third kappa shape index (κ3) is 4.28. The molecule has 0 heterocycles. The van der Waals surface area contributed by atoms with E-state index in [-0.39, 0.29) is 0 Å². The molecule has 0 amide bonds. The summed E-state index contributed by atoms with van der Waals surface area (Å²) < 4.78 is 192. The first-order valence-electron chi connectivity index (χ1n) is 5.81. The summed E-state index contributed by atoms with van der Waals surface area (Å²) >= 11 is 0. The maximum Gasteiger partial charge on any atom is 0.420 e. The molecule has 16 heteroatoms. The Labute approximate surface area is 137 Å². The molecule has 0 radical (unpaired) electrons. The highest BCUT2D eigenvalue weighted by Crippen LogP contribution is 2.58. The third-order valence-corrected chi connectivity index (χ3v) is 2.89.